The van der Waals surface area contributed by atoms with E-state index in [9.17, 15) is 26.2 Å². The van der Waals surface area contributed by atoms with Gasteiger partial charge in [0.05, 0.1) is 18.0 Å². The molecule has 0 heterocycles. The summed E-state index contributed by atoms with van der Waals surface area (Å²) in [6.07, 6.45) is -6.87. The lowest BCUT2D eigenvalue weighted by Crippen LogP contribution is -2.58. The molecule has 1 amide bonds. The molecular weight excluding hydrogens is 454 g/mol. The molecule has 0 saturated heterocycles. The zero-order valence-corrected chi connectivity index (χ0v) is 21.3. The molecule has 0 aromatic heterocycles. The summed E-state index contributed by atoms with van der Waals surface area (Å²) < 4.78 is 83.5. The standard InChI is InChI=1S/C26H45NO6S/c1-16(4-9-24(30)27-12-13-34(31,32)33)20-7-8-21-19-6-5-17-14-18(28)10-11-25(17,2)22(19)15-23(29)26(20,21)3/h16-23,28-29H,4-15H2,1-3H3,(H,27,30)(H,31,32,33)/t16-,17?,18-,19?,20?,21?,22?,23+,25+,26-/m1/s1/i10D2,14D2,15D2. The molecule has 10 atom stereocenters. The van der Waals surface area contributed by atoms with Crippen molar-refractivity contribution in [3.8, 4) is 0 Å². The zero-order chi connectivity index (χ0) is 30.3. The van der Waals surface area contributed by atoms with Gasteiger partial charge in [-0.2, -0.15) is 8.42 Å². The number of aliphatic hydroxyl groups is 2. The molecule has 5 unspecified atom stereocenters. The van der Waals surface area contributed by atoms with E-state index in [-0.39, 0.29) is 49.0 Å². The second kappa shape index (κ2) is 9.64. The molecule has 0 aliphatic heterocycles. The van der Waals surface area contributed by atoms with E-state index < -0.39 is 69.9 Å². The third kappa shape index (κ3) is 4.81. The van der Waals surface area contributed by atoms with Gasteiger partial charge in [0.2, 0.25) is 5.91 Å². The first-order valence-corrected chi connectivity index (χ1v) is 14.3. The first-order valence-electron chi connectivity index (χ1n) is 15.7. The van der Waals surface area contributed by atoms with Gasteiger partial charge in [-0.25, -0.2) is 0 Å². The van der Waals surface area contributed by atoms with Gasteiger partial charge in [0.1, 0.15) is 0 Å². The fraction of sp³-hybridized carbons (Fsp3) is 0.962. The molecule has 0 aromatic rings. The van der Waals surface area contributed by atoms with E-state index in [1.165, 1.54) is 0 Å². The van der Waals surface area contributed by atoms with Gasteiger partial charge in [-0.3, -0.25) is 9.35 Å². The van der Waals surface area contributed by atoms with Crippen molar-refractivity contribution in [2.24, 2.45) is 46.3 Å². The van der Waals surface area contributed by atoms with Crippen molar-refractivity contribution in [1.29, 1.82) is 0 Å². The van der Waals surface area contributed by atoms with Crippen LogP contribution in [-0.4, -0.2) is 53.6 Å². The van der Waals surface area contributed by atoms with Crippen molar-refractivity contribution in [3.05, 3.63) is 0 Å². The van der Waals surface area contributed by atoms with Crippen LogP contribution in [0.25, 0.3) is 0 Å². The predicted molar refractivity (Wildman–Crippen MR) is 130 cm³/mol. The summed E-state index contributed by atoms with van der Waals surface area (Å²) in [5.41, 5.74) is -1.88. The predicted octanol–water partition coefficient (Wildman–Crippen LogP) is 3.40. The van der Waals surface area contributed by atoms with Crippen LogP contribution in [-0.2, 0) is 14.9 Å². The maximum absolute atomic E-state index is 12.3. The van der Waals surface area contributed by atoms with Gasteiger partial charge in [0.25, 0.3) is 10.1 Å². The Morgan fingerprint density at radius 1 is 1.15 bits per heavy atom. The van der Waals surface area contributed by atoms with Crippen LogP contribution in [0.3, 0.4) is 0 Å². The minimum atomic E-state index is -4.17. The number of nitrogens with one attached hydrogen (secondary N) is 1. The summed E-state index contributed by atoms with van der Waals surface area (Å²) in [5.74, 6) is -2.75. The van der Waals surface area contributed by atoms with Crippen LogP contribution in [0.1, 0.15) is 93.1 Å². The normalized spacial score (nSPS) is 52.1. The van der Waals surface area contributed by atoms with Crippen molar-refractivity contribution in [2.75, 3.05) is 12.3 Å². The lowest BCUT2D eigenvalue weighted by Gasteiger charge is -2.62. The largest absolute Gasteiger partial charge is 0.393 e. The summed E-state index contributed by atoms with van der Waals surface area (Å²) in [6, 6.07) is 0. The lowest BCUT2D eigenvalue weighted by molar-refractivity contribution is -0.174. The summed E-state index contributed by atoms with van der Waals surface area (Å²) in [5, 5.41) is 24.9. The van der Waals surface area contributed by atoms with Crippen LogP contribution < -0.4 is 5.32 Å². The van der Waals surface area contributed by atoms with E-state index in [4.69, 9.17) is 10.0 Å². The highest BCUT2D eigenvalue weighted by Gasteiger charge is 2.63. The molecule has 4 fully saturated rings. The Labute approximate surface area is 213 Å². The number of carbonyl (C=O) groups excluding carboxylic acids is 1. The molecule has 0 aromatic carbocycles. The fourth-order valence-electron chi connectivity index (χ4n) is 7.93. The van der Waals surface area contributed by atoms with Crippen molar-refractivity contribution >= 4 is 16.0 Å². The number of hydrogen-bond donors (Lipinski definition) is 4. The van der Waals surface area contributed by atoms with Gasteiger partial charge in [-0.05, 0) is 104 Å². The molecule has 0 spiro atoms. The minimum absolute atomic E-state index is 0.0376. The zero-order valence-electron chi connectivity index (χ0n) is 26.5. The molecule has 4 aliphatic carbocycles. The van der Waals surface area contributed by atoms with E-state index >= 15 is 0 Å². The molecular formula is C26H45NO6S. The molecule has 0 bridgehead atoms. The van der Waals surface area contributed by atoms with E-state index in [1.807, 2.05) is 13.8 Å². The molecule has 7 nitrogen and oxygen atoms in total. The number of rotatable bonds is 7. The Hall–Kier alpha value is -0.700. The average molecular weight is 506 g/mol. The van der Waals surface area contributed by atoms with Crippen molar-refractivity contribution in [1.82, 2.24) is 5.32 Å². The van der Waals surface area contributed by atoms with Gasteiger partial charge in [-0.1, -0.05) is 20.8 Å². The average Bonchev–Trinajstić information content (AvgIpc) is 3.16. The van der Waals surface area contributed by atoms with E-state index in [0.29, 0.717) is 19.3 Å². The second-order valence-electron chi connectivity index (χ2n) is 11.6. The first kappa shape index (κ1) is 19.4. The van der Waals surface area contributed by atoms with Crippen LogP contribution in [0.15, 0.2) is 0 Å². The number of hydrogen-bond acceptors (Lipinski definition) is 5. The number of carbonyl (C=O) groups is 1. The van der Waals surface area contributed by atoms with Crippen LogP contribution in [0.4, 0.5) is 0 Å². The van der Waals surface area contributed by atoms with Crippen molar-refractivity contribution < 1.29 is 36.2 Å². The fourth-order valence-corrected chi connectivity index (χ4v) is 8.29. The monoisotopic (exact) mass is 505 g/mol. The summed E-state index contributed by atoms with van der Waals surface area (Å²) in [6.45, 7) is 5.50. The Kier molecular flexibility index (Phi) is 5.50. The third-order valence-electron chi connectivity index (χ3n) is 9.78. The number of amides is 1. The molecule has 4 N–H and O–H groups in total. The molecule has 196 valence electrons. The second-order valence-corrected chi connectivity index (χ2v) is 13.2. The third-order valence-corrected chi connectivity index (χ3v) is 10.5. The van der Waals surface area contributed by atoms with E-state index in [1.54, 1.807) is 6.92 Å². The smallest absolute Gasteiger partial charge is 0.266 e. The van der Waals surface area contributed by atoms with E-state index in [0.717, 1.165) is 12.8 Å². The van der Waals surface area contributed by atoms with Crippen LogP contribution in [0.2, 0.25) is 0 Å². The SMILES string of the molecule is [2H]C1([2H])C[C@@]2(C)C(CCC3C2C([2H])([2H])[C@H](O)[C@@]2(C)C3CCC2[C@H](C)CCC(=O)NCCS(=O)(=O)O)C([2H])([2H])[C@@H]1O. The molecule has 34 heavy (non-hydrogen) atoms. The van der Waals surface area contributed by atoms with Crippen LogP contribution in [0, 0.1) is 46.3 Å². The molecule has 8 heteroatoms. The molecule has 4 saturated carbocycles. The van der Waals surface area contributed by atoms with Gasteiger partial charge in [0, 0.05) is 21.2 Å². The van der Waals surface area contributed by atoms with Crippen LogP contribution in [0.5, 0.6) is 0 Å². The highest BCUT2D eigenvalue weighted by molar-refractivity contribution is 7.85. The lowest BCUT2D eigenvalue weighted by atomic mass is 9.43. The maximum atomic E-state index is 12.3. The number of aliphatic hydroxyl groups excluding tert-OH is 2. The minimum Gasteiger partial charge on any atom is -0.393 e. The molecule has 0 radical (unpaired) electrons. The molecule has 4 aliphatic rings. The van der Waals surface area contributed by atoms with Gasteiger partial charge < -0.3 is 15.5 Å². The summed E-state index contributed by atoms with van der Waals surface area (Å²) in [4.78, 5) is 12.3. The molecule has 4 rings (SSSR count). The Bertz CT molecular complexity index is 1110. The topological polar surface area (TPSA) is 124 Å². The maximum Gasteiger partial charge on any atom is 0.266 e. The van der Waals surface area contributed by atoms with Crippen molar-refractivity contribution in [3.63, 3.8) is 0 Å². The summed E-state index contributed by atoms with van der Waals surface area (Å²) >= 11 is 0. The highest BCUT2D eigenvalue weighted by Crippen LogP contribution is 2.68. The first-order chi connectivity index (χ1) is 18.1. The Balaban J connectivity index is 1.56. The van der Waals surface area contributed by atoms with Crippen LogP contribution >= 0.6 is 0 Å². The summed E-state index contributed by atoms with van der Waals surface area (Å²) in [7, 11) is -4.17. The highest BCUT2D eigenvalue weighted by atomic mass is 32.2. The van der Waals surface area contributed by atoms with Gasteiger partial charge >= 0.3 is 0 Å². The van der Waals surface area contributed by atoms with E-state index in [2.05, 4.69) is 5.32 Å². The van der Waals surface area contributed by atoms with Gasteiger partial charge in [-0.15, -0.1) is 0 Å². The van der Waals surface area contributed by atoms with Gasteiger partial charge in [0.15, 0.2) is 0 Å². The Morgan fingerprint density at radius 3 is 2.59 bits per heavy atom. The van der Waals surface area contributed by atoms with Crippen molar-refractivity contribution in [2.45, 2.75) is 97.0 Å². The Morgan fingerprint density at radius 2 is 1.88 bits per heavy atom. The number of fused-ring (bicyclic) bond motifs is 5. The quantitative estimate of drug-likeness (QED) is 0.393.